The van der Waals surface area contributed by atoms with Gasteiger partial charge < -0.3 is 20.1 Å². The summed E-state index contributed by atoms with van der Waals surface area (Å²) in [5.74, 6) is 0.357. The molecule has 0 saturated heterocycles. The van der Waals surface area contributed by atoms with Crippen LogP contribution in [0.15, 0.2) is 131 Å². The largest absolute Gasteiger partial charge is 1.00 e. The van der Waals surface area contributed by atoms with Crippen molar-refractivity contribution in [3.63, 3.8) is 0 Å². The van der Waals surface area contributed by atoms with E-state index in [-0.39, 0.29) is 49.9 Å². The van der Waals surface area contributed by atoms with E-state index in [1.807, 2.05) is 113 Å². The number of carbonyl (C=O) groups is 1. The van der Waals surface area contributed by atoms with E-state index >= 15 is 0 Å². The molecular formula is C35H30AlLiN6O5. The number of imidazole rings is 2. The Labute approximate surface area is 298 Å². The van der Waals surface area contributed by atoms with Crippen molar-refractivity contribution in [2.75, 3.05) is 7.11 Å². The van der Waals surface area contributed by atoms with E-state index in [0.29, 0.717) is 17.5 Å². The zero-order valence-corrected chi connectivity index (χ0v) is 25.5. The number of hydrogen-bond acceptors (Lipinski definition) is 9. The van der Waals surface area contributed by atoms with Crippen LogP contribution >= 0.6 is 0 Å². The summed E-state index contributed by atoms with van der Waals surface area (Å²) >= 11 is 0. The Kier molecular flexibility index (Phi) is 10.8. The van der Waals surface area contributed by atoms with Crippen LogP contribution in [-0.2, 0) is 11.3 Å². The number of benzene rings is 4. The van der Waals surface area contributed by atoms with E-state index in [0.717, 1.165) is 44.6 Å². The number of carbonyl (C=O) groups excluding carboxylic acids is 1. The minimum atomic E-state index is -0.522. The van der Waals surface area contributed by atoms with Gasteiger partial charge in [-0.1, -0.05) is 24.3 Å². The molecule has 8 aromatic rings. The molecule has 13 heteroatoms. The number of nitrogens with zero attached hydrogens (tertiary/aromatic N) is 6. The van der Waals surface area contributed by atoms with Crippen LogP contribution < -0.4 is 18.9 Å². The second kappa shape index (κ2) is 15.1. The molecule has 0 bridgehead atoms. The summed E-state index contributed by atoms with van der Waals surface area (Å²) in [6, 6.07) is 31.5. The third-order valence-corrected chi connectivity index (χ3v) is 7.30. The normalized spacial score (nSPS) is 10.5. The summed E-state index contributed by atoms with van der Waals surface area (Å²) in [5, 5.41) is 9.03. The first-order chi connectivity index (χ1) is 22.6. The average Bonchev–Trinajstić information content (AvgIpc) is 3.94. The predicted molar refractivity (Wildman–Crippen MR) is 181 cm³/mol. The molecule has 4 aromatic carbocycles. The number of hydrogen-bond donors (Lipinski definition) is 1. The average molecular weight is 649 g/mol. The predicted octanol–water partition coefficient (Wildman–Crippen LogP) is 2.57. The molecule has 0 fully saturated rings. The van der Waals surface area contributed by atoms with Gasteiger partial charge in [-0.05, 0) is 72.8 Å². The van der Waals surface area contributed by atoms with Gasteiger partial charge in [0.15, 0.2) is 23.1 Å². The molecule has 4 aromatic heterocycles. The summed E-state index contributed by atoms with van der Waals surface area (Å²) in [6.07, 6.45) is 6.36. The Morgan fingerprint density at radius 2 is 1.21 bits per heavy atom. The van der Waals surface area contributed by atoms with Gasteiger partial charge in [-0.2, -0.15) is 0 Å². The van der Waals surface area contributed by atoms with E-state index < -0.39 is 5.97 Å². The molecule has 0 saturated carbocycles. The number of oxazole rings is 2. The minimum Gasteiger partial charge on any atom is -1.00 e. The molecule has 8 rings (SSSR count). The van der Waals surface area contributed by atoms with E-state index in [4.69, 9.17) is 13.9 Å². The van der Waals surface area contributed by atoms with Crippen LogP contribution in [0.5, 0.6) is 0 Å². The Morgan fingerprint density at radius 3 is 1.69 bits per heavy atom. The van der Waals surface area contributed by atoms with E-state index in [2.05, 4.69) is 24.7 Å². The Bertz CT molecular complexity index is 2280. The first kappa shape index (κ1) is 34.1. The molecule has 234 valence electrons. The van der Waals surface area contributed by atoms with Crippen molar-refractivity contribution in [2.45, 2.75) is 6.61 Å². The third-order valence-electron chi connectivity index (χ3n) is 7.30. The maximum Gasteiger partial charge on any atom is 1.00 e. The molecular weight excluding hydrogens is 618 g/mol. The molecule has 1 N–H and O–H groups in total. The van der Waals surface area contributed by atoms with Gasteiger partial charge in [-0.25, -0.2) is 24.7 Å². The summed E-state index contributed by atoms with van der Waals surface area (Å²) in [5.41, 5.74) is 8.33. The third kappa shape index (κ3) is 6.90. The molecule has 0 spiro atoms. The fraction of sp³-hybridized carbons (Fsp3) is 0.0571. The van der Waals surface area contributed by atoms with Gasteiger partial charge in [0.2, 0.25) is 11.8 Å². The number of ether oxygens (including phenoxy) is 1. The summed E-state index contributed by atoms with van der Waals surface area (Å²) < 4.78 is 19.4. The van der Waals surface area contributed by atoms with Crippen LogP contribution in [0.4, 0.5) is 0 Å². The van der Waals surface area contributed by atoms with Crippen molar-refractivity contribution in [1.29, 1.82) is 0 Å². The fourth-order valence-corrected chi connectivity index (χ4v) is 4.98. The second-order valence-electron chi connectivity index (χ2n) is 10.1. The van der Waals surface area contributed by atoms with Gasteiger partial charge in [-0.3, -0.25) is 9.13 Å². The number of rotatable bonds is 6. The molecule has 0 atom stereocenters. The molecule has 11 nitrogen and oxygen atoms in total. The number of fused-ring (bicyclic) bond motifs is 2. The van der Waals surface area contributed by atoms with E-state index in [1.54, 1.807) is 6.33 Å². The smallest absolute Gasteiger partial charge is 1.00 e. The van der Waals surface area contributed by atoms with Gasteiger partial charge in [-0.15, -0.1) is 0 Å². The number of para-hydroxylation sites is 4. The quantitative estimate of drug-likeness (QED) is 0.213. The van der Waals surface area contributed by atoms with Crippen molar-refractivity contribution < 1.29 is 43.8 Å². The summed E-state index contributed by atoms with van der Waals surface area (Å²) in [7, 11) is 1.31. The molecule has 0 amide bonds. The first-order valence-electron chi connectivity index (χ1n) is 14.3. The number of aromatic nitrogens is 6. The Balaban J connectivity index is 0.000000209. The van der Waals surface area contributed by atoms with Gasteiger partial charge in [0.25, 0.3) is 0 Å². The van der Waals surface area contributed by atoms with E-state index in [1.165, 1.54) is 19.6 Å². The van der Waals surface area contributed by atoms with Crippen LogP contribution in [0, 0.1) is 0 Å². The maximum atomic E-state index is 11.4. The number of aliphatic hydroxyl groups is 1. The molecule has 0 radical (unpaired) electrons. The van der Waals surface area contributed by atoms with Crippen molar-refractivity contribution in [2.24, 2.45) is 0 Å². The molecule has 0 aliphatic carbocycles. The SMILES string of the molecule is COC(=O)c1coc(-c2ccc(-n3cnc4ccccc43)cc2)n1.OCc1coc(-c2ccc(-n3cnc4ccccc43)cc2)n1.[AlH3].[H-].[Li+]. The van der Waals surface area contributed by atoms with Crippen molar-refractivity contribution in [3.8, 4) is 34.3 Å². The molecule has 4 heterocycles. The Hall–Kier alpha value is -5.20. The molecule has 48 heavy (non-hydrogen) atoms. The van der Waals surface area contributed by atoms with Gasteiger partial charge in [0.05, 0.1) is 35.8 Å². The van der Waals surface area contributed by atoms with Gasteiger partial charge >= 0.3 is 24.8 Å². The first-order valence-corrected chi connectivity index (χ1v) is 14.3. The van der Waals surface area contributed by atoms with Crippen LogP contribution in [0.2, 0.25) is 0 Å². The van der Waals surface area contributed by atoms with Crippen LogP contribution in [-0.4, -0.2) is 64.6 Å². The minimum absolute atomic E-state index is 0. The number of esters is 1. The van der Waals surface area contributed by atoms with Crippen molar-refractivity contribution in [3.05, 3.63) is 134 Å². The fourth-order valence-electron chi connectivity index (χ4n) is 4.98. The van der Waals surface area contributed by atoms with Gasteiger partial charge in [0.1, 0.15) is 30.9 Å². The van der Waals surface area contributed by atoms with E-state index in [9.17, 15) is 4.79 Å². The Morgan fingerprint density at radius 1 is 0.729 bits per heavy atom. The molecule has 0 aliphatic heterocycles. The summed E-state index contributed by atoms with van der Waals surface area (Å²) in [4.78, 5) is 28.6. The topological polar surface area (TPSA) is 134 Å². The van der Waals surface area contributed by atoms with Crippen molar-refractivity contribution in [1.82, 2.24) is 29.1 Å². The summed E-state index contributed by atoms with van der Waals surface area (Å²) in [6.45, 7) is -0.122. The number of aliphatic hydroxyl groups excluding tert-OH is 1. The molecule has 0 aliphatic rings. The van der Waals surface area contributed by atoms with Gasteiger partial charge in [0, 0.05) is 22.5 Å². The van der Waals surface area contributed by atoms with Crippen LogP contribution in [0.1, 0.15) is 17.6 Å². The van der Waals surface area contributed by atoms with Crippen LogP contribution in [0.3, 0.4) is 0 Å². The zero-order chi connectivity index (χ0) is 31.5. The number of methoxy groups -OCH3 is 1. The molecule has 0 unspecified atom stereocenters. The van der Waals surface area contributed by atoms with Crippen LogP contribution in [0.25, 0.3) is 56.3 Å². The standard InChI is InChI=1S/C18H13N3O3.C17H13N3O2.Al.Li.4H/c1-23-18(22)15-10-24-17(20-15)12-6-8-13(9-7-12)21-11-19-14-4-2-3-5-16(14)21;21-9-13-10-22-17(19-13)12-5-7-14(8-6-12)20-11-18-15-3-1-2-4-16(15)20;;;;;;/h2-11H,1H3;1-8,10-11,21H,9H2;;;;;;/q;;;+1;;;;-1. The zero-order valence-electron chi connectivity index (χ0n) is 26.5. The second-order valence-corrected chi connectivity index (χ2v) is 10.1. The monoisotopic (exact) mass is 648 g/mol. The van der Waals surface area contributed by atoms with Crippen molar-refractivity contribution >= 4 is 45.4 Å². The maximum absolute atomic E-state index is 11.4.